The van der Waals surface area contributed by atoms with Gasteiger partial charge in [0.25, 0.3) is 0 Å². The summed E-state index contributed by atoms with van der Waals surface area (Å²) < 4.78 is 16.3. The number of ether oxygens (including phenoxy) is 3. The number of allylic oxidation sites excluding steroid dienone is 1. The number of aliphatic hydroxyl groups excluding tert-OH is 4. The molecule has 5 fully saturated rings. The first-order valence-electron chi connectivity index (χ1n) is 13.8. The number of methoxy groups -OCH3 is 1. The van der Waals surface area contributed by atoms with Crippen molar-refractivity contribution in [3.63, 3.8) is 0 Å². The van der Waals surface area contributed by atoms with Gasteiger partial charge in [-0.05, 0) is 24.8 Å². The van der Waals surface area contributed by atoms with Crippen LogP contribution in [0.15, 0.2) is 23.5 Å². The fraction of sp³-hybridized carbons (Fsp3) is 0.815. The Bertz CT molecular complexity index is 894. The predicted molar refractivity (Wildman–Crippen MR) is 132 cm³/mol. The molecule has 1 aliphatic carbocycles. The third-order valence-electron chi connectivity index (χ3n) is 9.58. The molecule has 10 nitrogen and oxygen atoms in total. The normalized spacial score (nSPS) is 47.1. The highest BCUT2D eigenvalue weighted by molar-refractivity contribution is 5.89. The van der Waals surface area contributed by atoms with Gasteiger partial charge in [-0.3, -0.25) is 0 Å². The molecule has 1 saturated carbocycles. The zero-order valence-corrected chi connectivity index (χ0v) is 21.7. The number of carbonyl (C=O) groups is 1. The Morgan fingerprint density at radius 3 is 2.65 bits per heavy atom. The summed E-state index contributed by atoms with van der Waals surface area (Å²) >= 11 is 0. The number of quaternary nitrogens is 1. The average Bonchev–Trinajstić information content (AvgIpc) is 3.31. The molecule has 0 radical (unpaired) electrons. The molecule has 0 amide bonds. The van der Waals surface area contributed by atoms with E-state index in [1.165, 1.54) is 50.4 Å². The van der Waals surface area contributed by atoms with E-state index < -0.39 is 43.3 Å². The smallest absolute Gasteiger partial charge is 0.337 e. The van der Waals surface area contributed by atoms with Gasteiger partial charge in [-0.25, -0.2) is 4.79 Å². The van der Waals surface area contributed by atoms with Gasteiger partial charge in [-0.2, -0.15) is 0 Å². The van der Waals surface area contributed by atoms with Crippen LogP contribution in [0, 0.1) is 17.8 Å². The topological polar surface area (TPSA) is 144 Å². The van der Waals surface area contributed by atoms with Gasteiger partial charge in [0.1, 0.15) is 24.4 Å². The molecule has 0 spiro atoms. The Kier molecular flexibility index (Phi) is 8.26. The lowest BCUT2D eigenvalue weighted by atomic mass is 9.70. The number of piperidine rings is 2. The molecule has 37 heavy (non-hydrogen) atoms. The van der Waals surface area contributed by atoms with Gasteiger partial charge in [-0.15, -0.1) is 6.04 Å². The summed E-state index contributed by atoms with van der Waals surface area (Å²) in [6.07, 6.45) is 3.29. The van der Waals surface area contributed by atoms with Gasteiger partial charge in [0, 0.05) is 12.3 Å². The van der Waals surface area contributed by atoms with Crippen molar-refractivity contribution >= 4 is 5.97 Å². The molecule has 5 N–H and O–H groups in total. The Labute approximate surface area is 218 Å². The second kappa shape index (κ2) is 11.3. The predicted octanol–water partition coefficient (Wildman–Crippen LogP) is -0.586. The Hall–Kier alpha value is -1.53. The van der Waals surface area contributed by atoms with Crippen LogP contribution in [0.5, 0.6) is 0 Å². The quantitative estimate of drug-likeness (QED) is 0.140. The molecule has 0 aromatic carbocycles. The molecule has 0 aromatic rings. The minimum Gasteiger partial charge on any atom is -0.651 e. The summed E-state index contributed by atoms with van der Waals surface area (Å²) in [5.41, 5.74) is 1.46. The molecule has 4 aliphatic heterocycles. The maximum Gasteiger partial charge on any atom is 0.337 e. The summed E-state index contributed by atoms with van der Waals surface area (Å²) in [5.74, 6) is 0.573. The number of aliphatic hydroxyl groups is 4. The van der Waals surface area contributed by atoms with E-state index >= 15 is 0 Å². The Morgan fingerprint density at radius 2 is 1.92 bits per heavy atom. The molecule has 0 bridgehead atoms. The molecule has 10 heteroatoms. The van der Waals surface area contributed by atoms with Crippen LogP contribution in [0.4, 0.5) is 0 Å². The zero-order chi connectivity index (χ0) is 26.3. The first-order valence-corrected chi connectivity index (χ1v) is 13.8. The Balaban J connectivity index is 1.38. The number of fused-ring (bicyclic) bond motifs is 5. The fourth-order valence-electron chi connectivity index (χ4n) is 7.63. The number of nitrogens with one attached hydrogen (secondary N) is 1. The van der Waals surface area contributed by atoms with E-state index in [2.05, 4.69) is 6.08 Å². The second-order valence-corrected chi connectivity index (χ2v) is 11.3. The molecule has 4 heterocycles. The summed E-state index contributed by atoms with van der Waals surface area (Å²) in [6, 6.07) is 1.11. The van der Waals surface area contributed by atoms with Crippen LogP contribution >= 0.6 is 0 Å². The van der Waals surface area contributed by atoms with Crippen molar-refractivity contribution in [2.75, 3.05) is 26.8 Å². The third kappa shape index (κ3) is 4.97. The molecular formula is C27H42N2O8. The number of carbonyl (C=O) groups excluding carboxylic acids is 1. The van der Waals surface area contributed by atoms with E-state index in [1.54, 1.807) is 0 Å². The van der Waals surface area contributed by atoms with Gasteiger partial charge < -0.3 is 44.9 Å². The summed E-state index contributed by atoms with van der Waals surface area (Å²) in [4.78, 5) is 14.5. The molecule has 5 aliphatic rings. The van der Waals surface area contributed by atoms with Crippen molar-refractivity contribution < 1.29 is 44.3 Å². The van der Waals surface area contributed by atoms with E-state index in [1.807, 2.05) is 6.92 Å². The first kappa shape index (κ1) is 27.1. The zero-order valence-electron chi connectivity index (χ0n) is 21.7. The van der Waals surface area contributed by atoms with E-state index in [9.17, 15) is 25.2 Å². The maximum atomic E-state index is 13.0. The standard InChI is InChI=1S/C27H41N2O8/c1-3-14-11-29-9-8-16-15-6-4-5-7-19(15)28-22(16)20(29)10-17(14)18(26(34)35-2)13-36-27-25(33)24(32)23(31)21(12-30)37-27/h3,13,15-17,19-25,27,30-33H,4-12H2,1-2H3/q-1/p+1. The summed E-state index contributed by atoms with van der Waals surface area (Å²) in [7, 11) is 1.33. The first-order chi connectivity index (χ1) is 17.9. The van der Waals surface area contributed by atoms with Crippen LogP contribution < -0.4 is 4.90 Å². The highest BCUT2D eigenvalue weighted by Crippen LogP contribution is 2.49. The van der Waals surface area contributed by atoms with Gasteiger partial charge in [-0.1, -0.05) is 43.7 Å². The molecule has 12 atom stereocenters. The highest BCUT2D eigenvalue weighted by atomic mass is 16.7. The van der Waals surface area contributed by atoms with Crippen LogP contribution in [-0.2, 0) is 19.0 Å². The summed E-state index contributed by atoms with van der Waals surface area (Å²) in [5, 5.41) is 45.4. The third-order valence-corrected chi connectivity index (χ3v) is 9.58. The fourth-order valence-corrected chi connectivity index (χ4v) is 7.63. The number of esters is 1. The number of hydrogen-bond donors (Lipinski definition) is 5. The number of hydrogen-bond acceptors (Lipinski definition) is 8. The highest BCUT2D eigenvalue weighted by Gasteiger charge is 2.50. The van der Waals surface area contributed by atoms with Crippen molar-refractivity contribution in [1.82, 2.24) is 0 Å². The SMILES string of the molecule is CC=C1C[NH+]2CCC3C4CCCCC4[N-]C3C2CC1C(=COC1OC(CO)C(O)C(O)C1O)C(=O)OC. The molecular weight excluding hydrogens is 480 g/mol. The average molecular weight is 523 g/mol. The minimum atomic E-state index is -1.56. The van der Waals surface area contributed by atoms with Crippen molar-refractivity contribution in [3.8, 4) is 0 Å². The van der Waals surface area contributed by atoms with E-state index in [0.29, 0.717) is 35.5 Å². The summed E-state index contributed by atoms with van der Waals surface area (Å²) in [6.45, 7) is 3.37. The van der Waals surface area contributed by atoms with Crippen LogP contribution in [0.3, 0.4) is 0 Å². The second-order valence-electron chi connectivity index (χ2n) is 11.3. The van der Waals surface area contributed by atoms with Crippen molar-refractivity contribution in [1.29, 1.82) is 0 Å². The lowest BCUT2D eigenvalue weighted by Gasteiger charge is -2.50. The number of nitrogens with zero attached hydrogens (tertiary/aromatic N) is 1. The van der Waals surface area contributed by atoms with Gasteiger partial charge >= 0.3 is 5.97 Å². The Morgan fingerprint density at radius 1 is 1.14 bits per heavy atom. The lowest BCUT2D eigenvalue weighted by molar-refractivity contribution is -0.932. The van der Waals surface area contributed by atoms with Crippen LogP contribution in [0.2, 0.25) is 0 Å². The largest absolute Gasteiger partial charge is 0.651 e. The number of rotatable bonds is 5. The van der Waals surface area contributed by atoms with E-state index in [-0.39, 0.29) is 5.92 Å². The van der Waals surface area contributed by atoms with Crippen LogP contribution in [0.25, 0.3) is 5.32 Å². The van der Waals surface area contributed by atoms with E-state index in [4.69, 9.17) is 19.5 Å². The van der Waals surface area contributed by atoms with Crippen molar-refractivity contribution in [3.05, 3.63) is 28.8 Å². The van der Waals surface area contributed by atoms with Crippen LogP contribution in [-0.4, -0.2) is 102 Å². The van der Waals surface area contributed by atoms with Gasteiger partial charge in [0.15, 0.2) is 0 Å². The molecule has 0 aromatic heterocycles. The monoisotopic (exact) mass is 522 g/mol. The molecule has 208 valence electrons. The van der Waals surface area contributed by atoms with Gasteiger partial charge in [0.05, 0.1) is 44.7 Å². The van der Waals surface area contributed by atoms with Crippen molar-refractivity contribution in [2.24, 2.45) is 17.8 Å². The van der Waals surface area contributed by atoms with Crippen molar-refractivity contribution in [2.45, 2.75) is 94.3 Å². The lowest BCUT2D eigenvalue weighted by Crippen LogP contribution is -3.19. The molecule has 12 unspecified atom stereocenters. The van der Waals surface area contributed by atoms with Gasteiger partial charge in [0.2, 0.25) is 6.29 Å². The molecule has 5 rings (SSSR count). The minimum absolute atomic E-state index is 0.229. The van der Waals surface area contributed by atoms with Crippen LogP contribution in [0.1, 0.15) is 45.4 Å². The molecule has 4 saturated heterocycles. The maximum absolute atomic E-state index is 13.0. The van der Waals surface area contributed by atoms with E-state index in [0.717, 1.165) is 25.1 Å².